The largest absolute Gasteiger partial charge is 0.508 e. The van der Waals surface area contributed by atoms with Crippen molar-refractivity contribution < 1.29 is 62.5 Å². The minimum absolute atomic E-state index is 0.00369. The van der Waals surface area contributed by atoms with E-state index in [2.05, 4.69) is 297 Å². The number of fused-ring (bicyclic) bond motifs is 3. The number of morpholine rings is 3. The highest BCUT2D eigenvalue weighted by atomic mass is 16.5. The van der Waals surface area contributed by atoms with Crippen molar-refractivity contribution in [1.29, 1.82) is 0 Å². The summed E-state index contributed by atoms with van der Waals surface area (Å²) in [4.78, 5) is 66.6. The third kappa shape index (κ3) is 25.8. The first kappa shape index (κ1) is 113. The first-order valence-corrected chi connectivity index (χ1v) is 54.8. The number of aromatic hydroxyl groups is 1. The SMILES string of the molecule is CC(C)(C)c1ccc(O)c(C2(c3cc(C(C)(C)C)ccc3OCCN3CCOCC3)C(=O)N(CCN3CCOCC3)c3ccccc32)c1.CC(C)(C)c1ccc(OCCN2CCNCC2)c(C2(c3cc(C(C)(C)C)ccc3OCCN3CCNCC3)C(=O)Nc3ccccc32)c1.CCN(CCO)CCOc1ccc(C(C)(C)C)cc1C1(c2cc(C(C)(C)C)ccc2OCCN2CCOCC2)C(=O)N(CCN(C)C)c2ccccc21. The molecule has 25 heteroatoms. The summed E-state index contributed by atoms with van der Waals surface area (Å²) in [6, 6.07) is 62.4. The number of nitrogens with zero attached hydrogens (tertiary/aromatic N) is 9. The molecule has 2 unspecified atom stereocenters. The number of para-hydroxylation sites is 3. The van der Waals surface area contributed by atoms with E-state index in [-0.39, 0.29) is 62.6 Å². The Morgan fingerprint density at radius 3 is 0.980 bits per heavy atom. The van der Waals surface area contributed by atoms with E-state index >= 15 is 9.59 Å². The average molecular weight is 2040 g/mol. The summed E-state index contributed by atoms with van der Waals surface area (Å²) in [6.07, 6.45) is 0. The van der Waals surface area contributed by atoms with Crippen LogP contribution < -0.4 is 49.4 Å². The van der Waals surface area contributed by atoms with Crippen molar-refractivity contribution in [3.63, 3.8) is 0 Å². The van der Waals surface area contributed by atoms with Gasteiger partial charge in [0.15, 0.2) is 0 Å². The van der Waals surface area contributed by atoms with Crippen LogP contribution in [-0.2, 0) is 77.3 Å². The van der Waals surface area contributed by atoms with Gasteiger partial charge in [0.25, 0.3) is 0 Å². The topological polar surface area (TPSA) is 231 Å². The van der Waals surface area contributed by atoms with E-state index in [0.29, 0.717) is 102 Å². The van der Waals surface area contributed by atoms with Crippen molar-refractivity contribution >= 4 is 34.8 Å². The molecule has 0 radical (unpaired) electrons. The average Bonchev–Trinajstić information content (AvgIpc) is 1.60. The summed E-state index contributed by atoms with van der Waals surface area (Å²) in [6.45, 7) is 69.5. The Balaban J connectivity index is 0.000000167. The van der Waals surface area contributed by atoms with Gasteiger partial charge in [-0.05, 0) is 178 Å². The molecule has 9 aromatic carbocycles. The number of piperazine rings is 2. The maximum Gasteiger partial charge on any atom is 0.247 e. The van der Waals surface area contributed by atoms with Crippen LogP contribution in [0.1, 0.15) is 215 Å². The molecule has 0 bridgehead atoms. The molecular formula is C124H172N12O13. The summed E-state index contributed by atoms with van der Waals surface area (Å²) >= 11 is 0. The van der Waals surface area contributed by atoms with Crippen LogP contribution in [0.4, 0.5) is 17.1 Å². The maximum atomic E-state index is 15.9. The highest BCUT2D eigenvalue weighted by molar-refractivity contribution is 6.16. The predicted molar refractivity (Wildman–Crippen MR) is 600 cm³/mol. The zero-order valence-corrected chi connectivity index (χ0v) is 93.4. The number of nitrogens with one attached hydrogen (secondary N) is 3. The van der Waals surface area contributed by atoms with Crippen molar-refractivity contribution in [1.82, 2.24) is 44.9 Å². The third-order valence-electron chi connectivity index (χ3n) is 31.1. The highest BCUT2D eigenvalue weighted by Crippen LogP contribution is 2.60. The Kier molecular flexibility index (Phi) is 36.9. The Labute approximate surface area is 889 Å². The summed E-state index contributed by atoms with van der Waals surface area (Å²) in [5.74, 6) is 3.46. The van der Waals surface area contributed by atoms with E-state index in [1.165, 1.54) is 0 Å². The van der Waals surface area contributed by atoms with Crippen molar-refractivity contribution in [3.8, 4) is 34.5 Å². The zero-order valence-electron chi connectivity index (χ0n) is 93.4. The lowest BCUT2D eigenvalue weighted by Gasteiger charge is -2.36. The van der Waals surface area contributed by atoms with Crippen molar-refractivity contribution in [2.24, 2.45) is 0 Å². The fraction of sp³-hybridized carbons (Fsp3) is 0.540. The highest BCUT2D eigenvalue weighted by Gasteiger charge is 2.60. The van der Waals surface area contributed by atoms with Gasteiger partial charge in [-0.15, -0.1) is 0 Å². The van der Waals surface area contributed by atoms with Crippen molar-refractivity contribution in [2.75, 3.05) is 272 Å². The van der Waals surface area contributed by atoms with E-state index in [9.17, 15) is 15.0 Å². The lowest BCUT2D eigenvalue weighted by atomic mass is 9.67. The quantitative estimate of drug-likeness (QED) is 0.0249. The summed E-state index contributed by atoms with van der Waals surface area (Å²) in [5.41, 5.74) is 11.9. The van der Waals surface area contributed by atoms with Crippen LogP contribution in [0.3, 0.4) is 0 Å². The molecule has 0 aromatic heterocycles. The standard InChI is InChI=1S/C44H64N4O5.C40H55N5O3.C40H53N3O5/c1-10-46(21-26-49)24-29-52-39-17-15-33(42(2,3)4)31-36(39)44(35-13-11-12-14-38(35)48(41(44)50)20-19-45(8)9)37-32-34(43(5,6)7)16-18-40(37)53-30-25-47-22-27-51-28-23-47;1-38(2,3)29-11-13-35(47-25-23-44-19-15-41-16-20-44)32(27-29)40(31-9-7-8-10-34(31)43-37(40)46)33-28-30(39(4,5)6)12-14-36(33)48-26-24-45-21-17-42-18-22-45;1-38(2,3)29-11-13-35(44)32(27-29)40(31-9-7-8-10-34(31)43(37(40)45)16-15-41-17-22-46-23-18-41)33-28-30(39(4,5)6)12-14-36(33)48-26-21-42-19-24-47-25-20-42/h11-18,31-32,49H,10,19-30H2,1-9H3;7-14,27-28,41-42H,15-26H2,1-6H3,(H,43,46);7-14,27-28,44H,15-26H2,1-6H3. The number of amides is 3. The number of phenolic OH excluding ortho intramolecular Hbond substituents is 1. The van der Waals surface area contributed by atoms with Gasteiger partial charge < -0.3 is 78.8 Å². The molecule has 25 nitrogen and oxygen atoms in total. The second kappa shape index (κ2) is 48.8. The minimum atomic E-state index is -1.33. The van der Waals surface area contributed by atoms with E-state index < -0.39 is 16.2 Å². The van der Waals surface area contributed by atoms with Gasteiger partial charge in [-0.1, -0.05) is 223 Å². The number of aliphatic hydroxyl groups excluding tert-OH is 1. The lowest BCUT2D eigenvalue weighted by molar-refractivity contribution is -0.121. The van der Waals surface area contributed by atoms with Crippen LogP contribution >= 0.6 is 0 Å². The smallest absolute Gasteiger partial charge is 0.247 e. The van der Waals surface area contributed by atoms with Gasteiger partial charge in [0, 0.05) is 224 Å². The third-order valence-corrected chi connectivity index (χ3v) is 31.1. The number of anilines is 3. The molecule has 2 atom stereocenters. The number of benzene rings is 9. The molecule has 0 saturated carbocycles. The second-order valence-corrected chi connectivity index (χ2v) is 47.7. The molecule has 17 rings (SSSR count). The van der Waals surface area contributed by atoms with Crippen LogP contribution in [0.2, 0.25) is 0 Å². The Morgan fingerprint density at radius 2 is 0.631 bits per heavy atom. The molecule has 0 aliphatic carbocycles. The lowest BCUT2D eigenvalue weighted by Crippen LogP contribution is -2.46. The van der Waals surface area contributed by atoms with Crippen molar-refractivity contribution in [3.05, 3.63) is 265 Å². The van der Waals surface area contributed by atoms with E-state index in [0.717, 1.165) is 264 Å². The Morgan fingerprint density at radius 1 is 0.329 bits per heavy atom. The van der Waals surface area contributed by atoms with Crippen LogP contribution in [0.25, 0.3) is 0 Å². The molecule has 8 aliphatic rings. The van der Waals surface area contributed by atoms with Gasteiger partial charge >= 0.3 is 0 Å². The number of rotatable bonds is 35. The van der Waals surface area contributed by atoms with Gasteiger partial charge in [0.05, 0.1) is 46.2 Å². The van der Waals surface area contributed by atoms with Gasteiger partial charge in [-0.25, -0.2) is 0 Å². The van der Waals surface area contributed by atoms with E-state index in [1.807, 2.05) is 84.6 Å². The predicted octanol–water partition coefficient (Wildman–Crippen LogP) is 16.8. The molecule has 806 valence electrons. The van der Waals surface area contributed by atoms with Gasteiger partial charge in [-0.3, -0.25) is 43.8 Å². The second-order valence-electron chi connectivity index (χ2n) is 47.7. The molecule has 5 saturated heterocycles. The molecule has 0 spiro atoms. The molecule has 9 aromatic rings. The van der Waals surface area contributed by atoms with Crippen LogP contribution in [0.5, 0.6) is 34.5 Å². The molecular weight excluding hydrogens is 1870 g/mol. The number of phenols is 1. The van der Waals surface area contributed by atoms with Crippen LogP contribution in [0, 0.1) is 0 Å². The van der Waals surface area contributed by atoms with Gasteiger partial charge in [0.2, 0.25) is 17.7 Å². The zero-order chi connectivity index (χ0) is 106. The fourth-order valence-electron chi connectivity index (χ4n) is 21.9. The van der Waals surface area contributed by atoms with Crippen LogP contribution in [-0.4, -0.2) is 319 Å². The molecule has 8 aliphatic heterocycles. The first-order chi connectivity index (χ1) is 71.1. The normalized spacial score (nSPS) is 19.3. The maximum absolute atomic E-state index is 15.9. The molecule has 3 amide bonds. The number of ether oxygens (including phenoxy) is 8. The van der Waals surface area contributed by atoms with E-state index in [1.54, 1.807) is 6.07 Å². The Hall–Kier alpha value is -10.3. The number of carbonyl (C=O) groups excluding carboxylic acids is 3. The molecule has 149 heavy (non-hydrogen) atoms. The summed E-state index contributed by atoms with van der Waals surface area (Å²) in [5, 5.41) is 31.7. The van der Waals surface area contributed by atoms with Gasteiger partial charge in [0.1, 0.15) is 83.8 Å². The number of carbonyl (C=O) groups is 3. The van der Waals surface area contributed by atoms with Crippen LogP contribution in [0.15, 0.2) is 182 Å². The fourth-order valence-corrected chi connectivity index (χ4v) is 21.9. The van der Waals surface area contributed by atoms with Crippen molar-refractivity contribution in [2.45, 2.75) is 180 Å². The summed E-state index contributed by atoms with van der Waals surface area (Å²) < 4.78 is 50.5. The molecule has 8 heterocycles. The number of aliphatic hydroxyl groups is 1. The molecule has 5 N–H and O–H groups in total. The monoisotopic (exact) mass is 2040 g/mol. The van der Waals surface area contributed by atoms with Gasteiger partial charge in [-0.2, -0.15) is 0 Å². The van der Waals surface area contributed by atoms with E-state index in [4.69, 9.17) is 37.9 Å². The number of hydrogen-bond donors (Lipinski definition) is 5. The minimum Gasteiger partial charge on any atom is -0.508 e. The first-order valence-electron chi connectivity index (χ1n) is 54.8. The number of likely N-dealkylation sites (N-methyl/N-ethyl adjacent to an activating group) is 2. The molecule has 5 fully saturated rings. The number of hydrogen-bond acceptors (Lipinski definition) is 22. The Bertz CT molecular complexity index is 5830. The summed E-state index contributed by atoms with van der Waals surface area (Å²) in [7, 11) is 4.09.